The topological polar surface area (TPSA) is 68.0 Å². The fourth-order valence-electron chi connectivity index (χ4n) is 5.81. The van der Waals surface area contributed by atoms with Gasteiger partial charge < -0.3 is 9.84 Å². The van der Waals surface area contributed by atoms with Crippen molar-refractivity contribution >= 4 is 5.91 Å². The van der Waals surface area contributed by atoms with E-state index < -0.39 is 5.82 Å². The molecule has 6 heteroatoms. The highest BCUT2D eigenvalue weighted by Crippen LogP contribution is 2.60. The van der Waals surface area contributed by atoms with E-state index in [9.17, 15) is 9.18 Å². The van der Waals surface area contributed by atoms with Gasteiger partial charge in [-0.2, -0.15) is 4.98 Å². The van der Waals surface area contributed by atoms with Gasteiger partial charge in [0.1, 0.15) is 5.82 Å². The number of rotatable bonds is 4. The van der Waals surface area contributed by atoms with Gasteiger partial charge in [-0.3, -0.25) is 4.79 Å². The quantitative estimate of drug-likeness (QED) is 0.908. The molecule has 0 atom stereocenters. The van der Waals surface area contributed by atoms with Gasteiger partial charge in [-0.15, -0.1) is 0 Å². The predicted molar refractivity (Wildman–Crippen MR) is 92.1 cm³/mol. The lowest BCUT2D eigenvalue weighted by molar-refractivity contribution is -0.146. The lowest BCUT2D eigenvalue weighted by Gasteiger charge is -2.55. The van der Waals surface area contributed by atoms with Gasteiger partial charge in [0.05, 0.1) is 12.1 Å². The van der Waals surface area contributed by atoms with Gasteiger partial charge in [0.25, 0.3) is 0 Å². The third-order valence-corrected chi connectivity index (χ3v) is 6.50. The molecular formula is C20H22FN3O2. The second kappa shape index (κ2) is 5.89. The SMILES string of the molecule is O=C(NCc1nc(-c2ccccc2F)no1)C12CC3CC(CC(C3)C1)C2. The fraction of sp³-hybridized carbons (Fsp3) is 0.550. The van der Waals surface area contributed by atoms with E-state index in [0.717, 1.165) is 37.0 Å². The van der Waals surface area contributed by atoms with E-state index in [0.29, 0.717) is 11.5 Å². The van der Waals surface area contributed by atoms with Crippen molar-refractivity contribution in [3.05, 3.63) is 36.0 Å². The molecule has 0 aliphatic heterocycles. The first kappa shape index (κ1) is 16.0. The highest BCUT2D eigenvalue weighted by Gasteiger charge is 2.54. The number of nitrogens with one attached hydrogen (secondary N) is 1. The van der Waals surface area contributed by atoms with E-state index in [-0.39, 0.29) is 23.7 Å². The molecule has 1 aromatic carbocycles. The Hall–Kier alpha value is -2.24. The summed E-state index contributed by atoms with van der Waals surface area (Å²) in [6.07, 6.45) is 6.99. The van der Waals surface area contributed by atoms with E-state index in [2.05, 4.69) is 15.5 Å². The Morgan fingerprint density at radius 2 is 1.81 bits per heavy atom. The highest BCUT2D eigenvalue weighted by atomic mass is 19.1. The van der Waals surface area contributed by atoms with Crippen molar-refractivity contribution < 1.29 is 13.7 Å². The number of nitrogens with zero attached hydrogens (tertiary/aromatic N) is 2. The van der Waals surface area contributed by atoms with Crippen LogP contribution in [-0.4, -0.2) is 16.0 Å². The molecule has 4 fully saturated rings. The Labute approximate surface area is 151 Å². The van der Waals surface area contributed by atoms with E-state index in [1.54, 1.807) is 18.2 Å². The molecule has 1 amide bonds. The fourth-order valence-corrected chi connectivity index (χ4v) is 5.81. The number of hydrogen-bond acceptors (Lipinski definition) is 4. The average Bonchev–Trinajstić information content (AvgIpc) is 3.07. The molecule has 136 valence electrons. The molecule has 1 N–H and O–H groups in total. The summed E-state index contributed by atoms with van der Waals surface area (Å²) in [6, 6.07) is 6.31. The molecular weight excluding hydrogens is 333 g/mol. The molecule has 4 aliphatic rings. The zero-order valence-corrected chi connectivity index (χ0v) is 14.6. The van der Waals surface area contributed by atoms with E-state index in [1.807, 2.05) is 0 Å². The van der Waals surface area contributed by atoms with Gasteiger partial charge in [0.15, 0.2) is 0 Å². The second-order valence-corrected chi connectivity index (χ2v) is 8.37. The molecule has 1 heterocycles. The monoisotopic (exact) mass is 355 g/mol. The van der Waals surface area contributed by atoms with Gasteiger partial charge in [-0.05, 0) is 68.4 Å². The smallest absolute Gasteiger partial charge is 0.246 e. The largest absolute Gasteiger partial charge is 0.347 e. The van der Waals surface area contributed by atoms with Gasteiger partial charge in [-0.1, -0.05) is 17.3 Å². The number of halogens is 1. The van der Waals surface area contributed by atoms with Crippen LogP contribution in [0.2, 0.25) is 0 Å². The first-order valence-corrected chi connectivity index (χ1v) is 9.47. The van der Waals surface area contributed by atoms with E-state index in [4.69, 9.17) is 4.52 Å². The number of aromatic nitrogens is 2. The third-order valence-electron chi connectivity index (χ3n) is 6.50. The zero-order chi connectivity index (χ0) is 17.7. The lowest BCUT2D eigenvalue weighted by Crippen LogP contribution is -2.53. The van der Waals surface area contributed by atoms with Crippen LogP contribution < -0.4 is 5.32 Å². The third kappa shape index (κ3) is 2.63. The van der Waals surface area contributed by atoms with E-state index >= 15 is 0 Å². The number of benzene rings is 1. The molecule has 0 spiro atoms. The number of hydrogen-bond donors (Lipinski definition) is 1. The molecule has 0 saturated heterocycles. The predicted octanol–water partition coefficient (Wildman–Crippen LogP) is 3.71. The van der Waals surface area contributed by atoms with Gasteiger partial charge in [0, 0.05) is 5.41 Å². The summed E-state index contributed by atoms with van der Waals surface area (Å²) in [7, 11) is 0. The Bertz CT molecular complexity index is 812. The molecule has 26 heavy (non-hydrogen) atoms. The van der Waals surface area contributed by atoms with Crippen molar-refractivity contribution in [1.82, 2.24) is 15.5 Å². The summed E-state index contributed by atoms with van der Waals surface area (Å²) in [6.45, 7) is 0.196. The van der Waals surface area contributed by atoms with Crippen LogP contribution in [-0.2, 0) is 11.3 Å². The second-order valence-electron chi connectivity index (χ2n) is 8.37. The van der Waals surface area contributed by atoms with Crippen molar-refractivity contribution in [1.29, 1.82) is 0 Å². The van der Waals surface area contributed by atoms with Crippen LogP contribution >= 0.6 is 0 Å². The van der Waals surface area contributed by atoms with Crippen molar-refractivity contribution in [3.63, 3.8) is 0 Å². The Kier molecular flexibility index (Phi) is 3.62. The first-order chi connectivity index (χ1) is 12.6. The van der Waals surface area contributed by atoms with Gasteiger partial charge in [0.2, 0.25) is 17.6 Å². The van der Waals surface area contributed by atoms with Gasteiger partial charge >= 0.3 is 0 Å². The molecule has 0 radical (unpaired) electrons. The summed E-state index contributed by atoms with van der Waals surface area (Å²) in [5, 5.41) is 6.85. The summed E-state index contributed by atoms with van der Waals surface area (Å²) in [5.41, 5.74) is 0.110. The molecule has 4 bridgehead atoms. The van der Waals surface area contributed by atoms with Crippen molar-refractivity contribution in [2.45, 2.75) is 45.1 Å². The van der Waals surface area contributed by atoms with Crippen LogP contribution in [0.25, 0.3) is 11.4 Å². The van der Waals surface area contributed by atoms with E-state index in [1.165, 1.54) is 25.3 Å². The standard InChI is InChI=1S/C20H22FN3O2/c21-16-4-2-1-3-15(16)18-23-17(26-24-18)11-22-19(25)20-8-12-5-13(9-20)7-14(6-12)10-20/h1-4,12-14H,5-11H2,(H,22,25). The van der Waals surface area contributed by atoms with Gasteiger partial charge in [-0.25, -0.2) is 4.39 Å². The zero-order valence-electron chi connectivity index (χ0n) is 14.6. The maximum Gasteiger partial charge on any atom is 0.246 e. The molecule has 4 aliphatic carbocycles. The van der Waals surface area contributed by atoms with Crippen LogP contribution in [0.4, 0.5) is 4.39 Å². The van der Waals surface area contributed by atoms with Crippen LogP contribution in [0, 0.1) is 29.0 Å². The Morgan fingerprint density at radius 3 is 2.46 bits per heavy atom. The van der Waals surface area contributed by atoms with Crippen LogP contribution in [0.5, 0.6) is 0 Å². The number of carbonyl (C=O) groups is 1. The first-order valence-electron chi connectivity index (χ1n) is 9.47. The minimum Gasteiger partial charge on any atom is -0.347 e. The maximum atomic E-state index is 13.8. The summed E-state index contributed by atoms with van der Waals surface area (Å²) in [5.74, 6) is 2.43. The highest BCUT2D eigenvalue weighted by molar-refractivity contribution is 5.83. The Morgan fingerprint density at radius 1 is 1.15 bits per heavy atom. The lowest BCUT2D eigenvalue weighted by atomic mass is 9.49. The van der Waals surface area contributed by atoms with Crippen LogP contribution in [0.15, 0.2) is 28.8 Å². The van der Waals surface area contributed by atoms with Crippen LogP contribution in [0.1, 0.15) is 44.4 Å². The normalized spacial score (nSPS) is 32.0. The minimum atomic E-state index is -0.391. The van der Waals surface area contributed by atoms with Crippen molar-refractivity contribution in [2.75, 3.05) is 0 Å². The molecule has 6 rings (SSSR count). The molecule has 4 saturated carbocycles. The average molecular weight is 355 g/mol. The number of carbonyl (C=O) groups excluding carboxylic acids is 1. The minimum absolute atomic E-state index is 0.127. The van der Waals surface area contributed by atoms with Crippen molar-refractivity contribution in [3.8, 4) is 11.4 Å². The summed E-state index contributed by atoms with van der Waals surface area (Å²) >= 11 is 0. The molecule has 2 aromatic rings. The summed E-state index contributed by atoms with van der Waals surface area (Å²) < 4.78 is 19.0. The molecule has 1 aromatic heterocycles. The summed E-state index contributed by atoms with van der Waals surface area (Å²) in [4.78, 5) is 17.2. The van der Waals surface area contributed by atoms with Crippen molar-refractivity contribution in [2.24, 2.45) is 23.2 Å². The Balaban J connectivity index is 1.27. The number of amides is 1. The molecule has 0 unspecified atom stereocenters. The maximum absolute atomic E-state index is 13.8. The van der Waals surface area contributed by atoms with Crippen LogP contribution in [0.3, 0.4) is 0 Å². The molecule has 5 nitrogen and oxygen atoms in total.